The Morgan fingerprint density at radius 1 is 0.304 bits per heavy atom. The molecule has 11 aromatic rings. The van der Waals surface area contributed by atoms with Crippen LogP contribution in [0.4, 0.5) is 17.1 Å². The largest absolute Gasteiger partial charge is 0.309 e. The molecule has 0 aliphatic carbocycles. The number of aromatic nitrogens is 1. The average Bonchev–Trinajstić information content (AvgIpc) is 3.59. The molecule has 0 unspecified atom stereocenters. The minimum Gasteiger partial charge on any atom is -0.309 e. The van der Waals surface area contributed by atoms with Crippen LogP contribution in [0.5, 0.6) is 0 Å². The van der Waals surface area contributed by atoms with Gasteiger partial charge in [-0.3, -0.25) is 0 Å². The van der Waals surface area contributed by atoms with E-state index in [9.17, 15) is 0 Å². The van der Waals surface area contributed by atoms with Gasteiger partial charge in [-0.2, -0.15) is 0 Å². The second-order valence-corrected chi connectivity index (χ2v) is 14.5. The summed E-state index contributed by atoms with van der Waals surface area (Å²) >= 11 is 0. The third-order valence-electron chi connectivity index (χ3n) is 11.3. The number of nitrogens with zero attached hydrogens (tertiary/aromatic N) is 2. The summed E-state index contributed by atoms with van der Waals surface area (Å²) in [6, 6.07) is 79.5. The zero-order valence-corrected chi connectivity index (χ0v) is 30.7. The maximum atomic E-state index is 2.47. The van der Waals surface area contributed by atoms with Gasteiger partial charge in [-0.15, -0.1) is 0 Å². The molecule has 0 atom stereocenters. The molecule has 11 rings (SSSR count). The lowest BCUT2D eigenvalue weighted by atomic mass is 9.95. The van der Waals surface area contributed by atoms with Crippen molar-refractivity contribution in [3.8, 4) is 27.9 Å². The first kappa shape index (κ1) is 32.0. The van der Waals surface area contributed by atoms with Crippen molar-refractivity contribution in [2.45, 2.75) is 0 Å². The first-order valence-electron chi connectivity index (χ1n) is 19.3. The quantitative estimate of drug-likeness (QED) is 0.167. The molecule has 0 fully saturated rings. The van der Waals surface area contributed by atoms with Gasteiger partial charge in [0.2, 0.25) is 0 Å². The van der Waals surface area contributed by atoms with E-state index in [0.29, 0.717) is 0 Å². The Labute approximate surface area is 325 Å². The summed E-state index contributed by atoms with van der Waals surface area (Å²) in [5.41, 5.74) is 11.7. The first-order chi connectivity index (χ1) is 27.8. The number of rotatable bonds is 6. The average molecular weight is 713 g/mol. The minimum atomic E-state index is 1.10. The van der Waals surface area contributed by atoms with Crippen LogP contribution in [0.15, 0.2) is 218 Å². The van der Waals surface area contributed by atoms with E-state index in [1.54, 1.807) is 0 Å². The SMILES string of the molecule is c1ccc(-c2cccc(N(c3ccc(-c4ccccc4)c4ccccc34)c3ccc(-n4c5ccccc5c5cc6ccccc6cc54)c4ccccc34)c2)cc1. The molecule has 0 spiro atoms. The Morgan fingerprint density at radius 3 is 1.61 bits per heavy atom. The van der Waals surface area contributed by atoms with Gasteiger partial charge >= 0.3 is 0 Å². The highest BCUT2D eigenvalue weighted by atomic mass is 15.1. The van der Waals surface area contributed by atoms with Crippen molar-refractivity contribution in [2.75, 3.05) is 4.90 Å². The summed E-state index contributed by atoms with van der Waals surface area (Å²) in [7, 11) is 0. The summed E-state index contributed by atoms with van der Waals surface area (Å²) in [6.07, 6.45) is 0. The molecule has 262 valence electrons. The molecule has 2 heteroatoms. The van der Waals surface area contributed by atoms with Crippen LogP contribution in [-0.2, 0) is 0 Å². The standard InChI is InChI=1S/C54H36N2/c1-3-16-37(17-4-1)39-22-15-23-42(34-39)55(51-31-30-43(38-18-5-2-6-19-38)44-24-9-10-25-45(44)51)52-32-33-53(47-27-12-11-26-46(47)52)56-50-29-14-13-28-48(50)49-35-40-20-7-8-21-41(40)36-54(49)56/h1-36H. The van der Waals surface area contributed by atoms with Crippen LogP contribution in [0, 0.1) is 0 Å². The highest BCUT2D eigenvalue weighted by Gasteiger charge is 2.22. The van der Waals surface area contributed by atoms with Crippen LogP contribution >= 0.6 is 0 Å². The van der Waals surface area contributed by atoms with Crippen molar-refractivity contribution < 1.29 is 0 Å². The second-order valence-electron chi connectivity index (χ2n) is 14.5. The van der Waals surface area contributed by atoms with Gasteiger partial charge < -0.3 is 9.47 Å². The van der Waals surface area contributed by atoms with Gasteiger partial charge in [-0.05, 0) is 86.9 Å². The lowest BCUT2D eigenvalue weighted by molar-refractivity contribution is 1.20. The molecule has 0 saturated carbocycles. The van der Waals surface area contributed by atoms with E-state index in [1.165, 1.54) is 76.4 Å². The van der Waals surface area contributed by atoms with Gasteiger partial charge in [0.1, 0.15) is 0 Å². The molecular formula is C54H36N2. The molecular weight excluding hydrogens is 677 g/mol. The minimum absolute atomic E-state index is 1.10. The summed E-state index contributed by atoms with van der Waals surface area (Å²) in [4.78, 5) is 2.47. The Balaban J connectivity index is 1.19. The molecule has 1 aromatic heterocycles. The zero-order chi connectivity index (χ0) is 37.0. The number of hydrogen-bond donors (Lipinski definition) is 0. The van der Waals surface area contributed by atoms with Gasteiger partial charge in [-0.1, -0.05) is 170 Å². The van der Waals surface area contributed by atoms with Crippen LogP contribution in [0.3, 0.4) is 0 Å². The summed E-state index contributed by atoms with van der Waals surface area (Å²) in [5.74, 6) is 0. The molecule has 56 heavy (non-hydrogen) atoms. The number of anilines is 3. The van der Waals surface area contributed by atoms with E-state index in [2.05, 4.69) is 228 Å². The lowest BCUT2D eigenvalue weighted by Crippen LogP contribution is -2.12. The highest BCUT2D eigenvalue weighted by molar-refractivity contribution is 6.16. The monoisotopic (exact) mass is 712 g/mol. The molecule has 0 N–H and O–H groups in total. The number of para-hydroxylation sites is 1. The smallest absolute Gasteiger partial charge is 0.0547 e. The molecule has 0 amide bonds. The topological polar surface area (TPSA) is 8.17 Å². The molecule has 0 bridgehead atoms. The molecule has 2 nitrogen and oxygen atoms in total. The van der Waals surface area contributed by atoms with Gasteiger partial charge in [0.15, 0.2) is 0 Å². The Kier molecular flexibility index (Phi) is 7.53. The van der Waals surface area contributed by atoms with Gasteiger partial charge in [0.25, 0.3) is 0 Å². The third-order valence-corrected chi connectivity index (χ3v) is 11.3. The number of fused-ring (bicyclic) bond motifs is 6. The van der Waals surface area contributed by atoms with Crippen molar-refractivity contribution in [2.24, 2.45) is 0 Å². The van der Waals surface area contributed by atoms with E-state index in [-0.39, 0.29) is 0 Å². The van der Waals surface area contributed by atoms with Crippen molar-refractivity contribution in [3.63, 3.8) is 0 Å². The van der Waals surface area contributed by atoms with Crippen LogP contribution < -0.4 is 4.90 Å². The van der Waals surface area contributed by atoms with Crippen molar-refractivity contribution in [3.05, 3.63) is 218 Å². The Morgan fingerprint density at radius 2 is 0.857 bits per heavy atom. The molecule has 0 saturated heterocycles. The molecule has 10 aromatic carbocycles. The maximum absolute atomic E-state index is 2.47. The maximum Gasteiger partial charge on any atom is 0.0547 e. The first-order valence-corrected chi connectivity index (χ1v) is 19.3. The Hall–Kier alpha value is -7.42. The molecule has 1 heterocycles. The lowest BCUT2D eigenvalue weighted by Gasteiger charge is -2.29. The summed E-state index contributed by atoms with van der Waals surface area (Å²) < 4.78 is 2.47. The van der Waals surface area contributed by atoms with Crippen LogP contribution in [0.1, 0.15) is 0 Å². The molecule has 0 aliphatic heterocycles. The third kappa shape index (κ3) is 5.19. The number of benzene rings is 10. The van der Waals surface area contributed by atoms with E-state index in [4.69, 9.17) is 0 Å². The molecule has 0 aliphatic rings. The summed E-state index contributed by atoms with van der Waals surface area (Å²) in [6.45, 7) is 0. The van der Waals surface area contributed by atoms with E-state index < -0.39 is 0 Å². The van der Waals surface area contributed by atoms with Crippen molar-refractivity contribution in [1.82, 2.24) is 4.57 Å². The highest BCUT2D eigenvalue weighted by Crippen LogP contribution is 2.46. The van der Waals surface area contributed by atoms with Gasteiger partial charge in [0.05, 0.1) is 28.1 Å². The molecule has 0 radical (unpaired) electrons. The van der Waals surface area contributed by atoms with Gasteiger partial charge in [-0.25, -0.2) is 0 Å². The van der Waals surface area contributed by atoms with Crippen LogP contribution in [-0.4, -0.2) is 4.57 Å². The van der Waals surface area contributed by atoms with Crippen molar-refractivity contribution in [1.29, 1.82) is 0 Å². The second kappa shape index (κ2) is 13.2. The van der Waals surface area contributed by atoms with E-state index in [0.717, 1.165) is 22.7 Å². The van der Waals surface area contributed by atoms with Crippen LogP contribution in [0.2, 0.25) is 0 Å². The fraction of sp³-hybridized carbons (Fsp3) is 0. The van der Waals surface area contributed by atoms with E-state index >= 15 is 0 Å². The van der Waals surface area contributed by atoms with Crippen LogP contribution in [0.25, 0.3) is 82.1 Å². The predicted octanol–water partition coefficient (Wildman–Crippen LogP) is 15.0. The predicted molar refractivity (Wildman–Crippen MR) is 239 cm³/mol. The normalized spacial score (nSPS) is 11.6. The van der Waals surface area contributed by atoms with Crippen molar-refractivity contribution >= 4 is 71.2 Å². The zero-order valence-electron chi connectivity index (χ0n) is 30.7. The fourth-order valence-electron chi connectivity index (χ4n) is 8.78. The number of hydrogen-bond acceptors (Lipinski definition) is 1. The summed E-state index contributed by atoms with van der Waals surface area (Å²) in [5, 5.41) is 9.79. The van der Waals surface area contributed by atoms with E-state index in [1.807, 2.05) is 0 Å². The Bertz CT molecular complexity index is 3250. The van der Waals surface area contributed by atoms with Gasteiger partial charge in [0, 0.05) is 32.6 Å². The fourth-order valence-corrected chi connectivity index (χ4v) is 8.78.